The van der Waals surface area contributed by atoms with Crippen molar-refractivity contribution in [3.8, 4) is 11.4 Å². The van der Waals surface area contributed by atoms with Gasteiger partial charge in [0.2, 0.25) is 0 Å². The molecule has 3 aromatic rings. The van der Waals surface area contributed by atoms with Gasteiger partial charge in [-0.15, -0.1) is 0 Å². The molecule has 2 heterocycles. The van der Waals surface area contributed by atoms with Crippen LogP contribution in [0.5, 0.6) is 5.75 Å². The molecule has 2 aromatic carbocycles. The molecule has 1 fully saturated rings. The summed E-state index contributed by atoms with van der Waals surface area (Å²) < 4.78 is 61.9. The van der Waals surface area contributed by atoms with Gasteiger partial charge in [-0.2, -0.15) is 18.3 Å². The maximum absolute atomic E-state index is 13.6. The third kappa shape index (κ3) is 3.10. The van der Waals surface area contributed by atoms with Gasteiger partial charge in [0.15, 0.2) is 5.60 Å². The average molecular weight is 448 g/mol. The van der Waals surface area contributed by atoms with E-state index in [2.05, 4.69) is 5.10 Å². The molecule has 1 saturated carbocycles. The molecule has 32 heavy (non-hydrogen) atoms. The Hall–Kier alpha value is -2.61. The van der Waals surface area contributed by atoms with Gasteiger partial charge in [-0.3, -0.25) is 0 Å². The summed E-state index contributed by atoms with van der Waals surface area (Å²) in [6.07, 6.45) is -2.26. The Morgan fingerprint density at radius 3 is 2.62 bits per heavy atom. The minimum absolute atomic E-state index is 0.234. The first-order valence-electron chi connectivity index (χ1n) is 10.9. The third-order valence-corrected chi connectivity index (χ3v) is 7.51. The lowest BCUT2D eigenvalue weighted by molar-refractivity contribution is -0.279. The molecular formula is C24H24F4N2O2. The van der Waals surface area contributed by atoms with Crippen LogP contribution in [0.1, 0.15) is 44.6 Å². The van der Waals surface area contributed by atoms with Crippen molar-refractivity contribution in [2.45, 2.75) is 56.2 Å². The maximum atomic E-state index is 13.6. The Bertz CT molecular complexity index is 1160. The molecular weight excluding hydrogens is 424 g/mol. The lowest BCUT2D eigenvalue weighted by Gasteiger charge is -2.49. The molecule has 0 radical (unpaired) electrons. The van der Waals surface area contributed by atoms with E-state index in [1.165, 1.54) is 12.1 Å². The highest BCUT2D eigenvalue weighted by Crippen LogP contribution is 2.57. The minimum atomic E-state index is -4.65. The van der Waals surface area contributed by atoms with Crippen molar-refractivity contribution in [1.82, 2.24) is 9.78 Å². The van der Waals surface area contributed by atoms with E-state index in [0.29, 0.717) is 24.3 Å². The predicted octanol–water partition coefficient (Wildman–Crippen LogP) is 5.69. The topological polar surface area (TPSA) is 47.3 Å². The average Bonchev–Trinajstić information content (AvgIpc) is 3.09. The van der Waals surface area contributed by atoms with Crippen LogP contribution >= 0.6 is 0 Å². The van der Waals surface area contributed by atoms with Gasteiger partial charge in [0.05, 0.1) is 24.0 Å². The Kier molecular flexibility index (Phi) is 4.78. The summed E-state index contributed by atoms with van der Waals surface area (Å²) >= 11 is 0. The zero-order valence-corrected chi connectivity index (χ0v) is 17.6. The van der Waals surface area contributed by atoms with E-state index < -0.39 is 17.2 Å². The number of alkyl halides is 3. The molecule has 0 bridgehead atoms. The van der Waals surface area contributed by atoms with Crippen molar-refractivity contribution in [3.63, 3.8) is 0 Å². The monoisotopic (exact) mass is 448 g/mol. The maximum Gasteiger partial charge on any atom is 0.417 e. The number of halogens is 4. The van der Waals surface area contributed by atoms with Gasteiger partial charge in [-0.1, -0.05) is 6.92 Å². The van der Waals surface area contributed by atoms with Crippen molar-refractivity contribution in [2.75, 3.05) is 6.61 Å². The van der Waals surface area contributed by atoms with Crippen molar-refractivity contribution < 1.29 is 27.4 Å². The first-order chi connectivity index (χ1) is 15.2. The summed E-state index contributed by atoms with van der Waals surface area (Å²) in [5.41, 5.74) is -0.792. The molecule has 0 saturated heterocycles. The van der Waals surface area contributed by atoms with Gasteiger partial charge >= 0.3 is 6.18 Å². The number of hydrogen-bond acceptors (Lipinski definition) is 3. The van der Waals surface area contributed by atoms with Crippen molar-refractivity contribution in [1.29, 1.82) is 0 Å². The largest absolute Gasteiger partial charge is 0.493 e. The first-order valence-corrected chi connectivity index (χ1v) is 10.9. The number of nitrogens with zero attached hydrogens (tertiary/aromatic N) is 2. The molecule has 0 amide bonds. The fourth-order valence-electron chi connectivity index (χ4n) is 5.65. The van der Waals surface area contributed by atoms with Crippen LogP contribution in [0, 0.1) is 11.7 Å². The molecule has 3 atom stereocenters. The van der Waals surface area contributed by atoms with E-state index in [4.69, 9.17) is 4.74 Å². The molecule has 0 spiro atoms. The highest BCUT2D eigenvalue weighted by atomic mass is 19.4. The van der Waals surface area contributed by atoms with Crippen molar-refractivity contribution >= 4 is 10.9 Å². The number of aromatic nitrogens is 2. The van der Waals surface area contributed by atoms with E-state index >= 15 is 0 Å². The smallest absolute Gasteiger partial charge is 0.417 e. The second-order valence-electron chi connectivity index (χ2n) is 9.02. The van der Waals surface area contributed by atoms with Crippen LogP contribution in [0.15, 0.2) is 42.6 Å². The van der Waals surface area contributed by atoms with Gasteiger partial charge < -0.3 is 9.84 Å². The normalized spacial score (nSPS) is 28.0. The summed E-state index contributed by atoms with van der Waals surface area (Å²) in [7, 11) is 0. The van der Waals surface area contributed by atoms with Crippen LogP contribution in [-0.4, -0.2) is 33.3 Å². The van der Waals surface area contributed by atoms with Crippen LogP contribution < -0.4 is 4.74 Å². The molecule has 170 valence electrons. The molecule has 1 aromatic heterocycles. The van der Waals surface area contributed by atoms with Crippen LogP contribution in [0.4, 0.5) is 17.6 Å². The predicted molar refractivity (Wildman–Crippen MR) is 111 cm³/mol. The van der Waals surface area contributed by atoms with Crippen molar-refractivity contribution in [2.24, 2.45) is 5.92 Å². The second kappa shape index (κ2) is 7.20. The Labute approximate surface area is 182 Å². The number of rotatable bonds is 2. The molecule has 8 heteroatoms. The van der Waals surface area contributed by atoms with Crippen LogP contribution in [0.25, 0.3) is 16.6 Å². The van der Waals surface area contributed by atoms with Gasteiger partial charge in [0.1, 0.15) is 11.6 Å². The van der Waals surface area contributed by atoms with Crippen molar-refractivity contribution in [3.05, 3.63) is 54.0 Å². The molecule has 4 nitrogen and oxygen atoms in total. The van der Waals surface area contributed by atoms with E-state index in [0.717, 1.165) is 16.5 Å². The Morgan fingerprint density at radius 2 is 1.94 bits per heavy atom. The number of benzene rings is 2. The summed E-state index contributed by atoms with van der Waals surface area (Å²) in [5, 5.41) is 15.7. The molecule has 1 aliphatic heterocycles. The summed E-state index contributed by atoms with van der Waals surface area (Å²) in [5.74, 6) is -0.0451. The number of aliphatic hydroxyl groups is 1. The minimum Gasteiger partial charge on any atom is -0.493 e. The highest BCUT2D eigenvalue weighted by Gasteiger charge is 2.60. The third-order valence-electron chi connectivity index (χ3n) is 7.51. The molecule has 5 rings (SSSR count). The summed E-state index contributed by atoms with van der Waals surface area (Å²) in [6, 6.07) is 9.85. The van der Waals surface area contributed by atoms with E-state index in [-0.39, 0.29) is 37.6 Å². The summed E-state index contributed by atoms with van der Waals surface area (Å²) in [6.45, 7) is 2.27. The molecule has 0 unspecified atom stereocenters. The van der Waals surface area contributed by atoms with Gasteiger partial charge in [-0.25, -0.2) is 9.07 Å². The fourth-order valence-corrected chi connectivity index (χ4v) is 5.65. The fraction of sp³-hybridized carbons (Fsp3) is 0.458. The molecule has 1 N–H and O–H groups in total. The van der Waals surface area contributed by atoms with E-state index in [9.17, 15) is 22.7 Å². The Balaban J connectivity index is 1.61. The highest BCUT2D eigenvalue weighted by molar-refractivity contribution is 5.83. The Morgan fingerprint density at radius 1 is 1.19 bits per heavy atom. The van der Waals surface area contributed by atoms with Crippen LogP contribution in [0.3, 0.4) is 0 Å². The quantitative estimate of drug-likeness (QED) is 0.513. The number of ether oxygens (including phenoxy) is 1. The van der Waals surface area contributed by atoms with Gasteiger partial charge in [0, 0.05) is 22.4 Å². The lowest BCUT2D eigenvalue weighted by Crippen LogP contribution is -2.54. The van der Waals surface area contributed by atoms with E-state index in [1.807, 2.05) is 19.1 Å². The van der Waals surface area contributed by atoms with Gasteiger partial charge in [-0.05, 0) is 68.4 Å². The van der Waals surface area contributed by atoms with Crippen LogP contribution in [0.2, 0.25) is 0 Å². The van der Waals surface area contributed by atoms with E-state index in [1.54, 1.807) is 23.0 Å². The zero-order valence-electron chi connectivity index (χ0n) is 17.6. The molecule has 2 aliphatic rings. The lowest BCUT2D eigenvalue weighted by atomic mass is 9.57. The standard InChI is InChI=1S/C24H24F4N2O2/c1-2-22-8-9-23(31,24(26,27)28)13-16(22)7-10-32-21-12-20-15(11-19(21)22)14-29-30(20)18-5-3-17(25)4-6-18/h3-6,11-12,14,16,31H,2,7-10,13H2,1H3/t16-,22-,23-/m0/s1. The number of fused-ring (bicyclic) bond motifs is 4. The first kappa shape index (κ1) is 21.2. The molecule has 1 aliphatic carbocycles. The zero-order chi connectivity index (χ0) is 22.7. The summed E-state index contributed by atoms with van der Waals surface area (Å²) in [4.78, 5) is 0. The number of hydrogen-bond donors (Lipinski definition) is 1. The van der Waals surface area contributed by atoms with Crippen LogP contribution in [-0.2, 0) is 5.41 Å². The van der Waals surface area contributed by atoms with Gasteiger partial charge in [0.25, 0.3) is 0 Å². The SMILES string of the molecule is CC[C@]12CC[C@@](O)(C(F)(F)F)C[C@@H]1CCOc1cc3c(cnn3-c3ccc(F)cc3)cc12. The second-order valence-corrected chi connectivity index (χ2v) is 9.02.